The maximum Gasteiger partial charge on any atom is 0.256 e. The van der Waals surface area contributed by atoms with E-state index in [-0.39, 0.29) is 56.0 Å². The Morgan fingerprint density at radius 2 is 1.11 bits per heavy atom. The summed E-state index contributed by atoms with van der Waals surface area (Å²) >= 11 is 0. The van der Waals surface area contributed by atoms with Crippen molar-refractivity contribution in [3.05, 3.63) is 97.1 Å². The second-order valence-corrected chi connectivity index (χ2v) is 12.4. The summed E-state index contributed by atoms with van der Waals surface area (Å²) in [5, 5.41) is 25.2. The van der Waals surface area contributed by atoms with Crippen LogP contribution in [-0.4, -0.2) is 104 Å². The Bertz CT molecular complexity index is 2090. The van der Waals surface area contributed by atoms with Crippen molar-refractivity contribution in [2.75, 3.05) is 17.2 Å². The lowest BCUT2D eigenvalue weighted by Gasteiger charge is -2.15. The first kappa shape index (κ1) is 41.3. The Hall–Kier alpha value is -5.86. The number of aromatic nitrogens is 8. The van der Waals surface area contributed by atoms with Gasteiger partial charge in [0.25, 0.3) is 11.8 Å². The van der Waals surface area contributed by atoms with Crippen molar-refractivity contribution in [3.63, 3.8) is 0 Å². The van der Waals surface area contributed by atoms with Crippen LogP contribution in [0.4, 0.5) is 20.4 Å². The number of rotatable bonds is 8. The zero-order chi connectivity index (χ0) is 37.9. The fraction of sp³-hybridized carbons (Fsp3) is 0.351. The number of aliphatic hydroxyl groups is 2. The molecule has 2 fully saturated rings. The number of carbonyl (C=O) groups is 2. The van der Waals surface area contributed by atoms with E-state index in [0.29, 0.717) is 28.7 Å². The monoisotopic (exact) mass is 775 g/mol. The molecule has 4 aromatic heterocycles. The minimum atomic E-state index is -1.69. The molecule has 2 aliphatic heterocycles. The molecular weight excluding hydrogens is 732 g/mol. The third-order valence-corrected chi connectivity index (χ3v) is 9.02. The second kappa shape index (κ2) is 17.7. The largest absolute Gasteiger partial charge is 0.387 e. The third-order valence-electron chi connectivity index (χ3n) is 9.02. The van der Waals surface area contributed by atoms with Gasteiger partial charge in [-0.2, -0.15) is 0 Å². The van der Waals surface area contributed by atoms with Gasteiger partial charge in [0.1, 0.15) is 31.0 Å². The van der Waals surface area contributed by atoms with Gasteiger partial charge in [-0.1, -0.05) is 58.2 Å². The van der Waals surface area contributed by atoms with E-state index < -0.39 is 49.2 Å². The van der Waals surface area contributed by atoms with Crippen LogP contribution in [0.15, 0.2) is 86.0 Å². The van der Waals surface area contributed by atoms with Gasteiger partial charge in [0, 0.05) is 17.7 Å². The van der Waals surface area contributed by atoms with Gasteiger partial charge in [0.2, 0.25) is 0 Å². The molecule has 56 heavy (non-hydrogen) atoms. The molecule has 2 aliphatic rings. The van der Waals surface area contributed by atoms with Crippen LogP contribution in [-0.2, 0) is 9.47 Å². The van der Waals surface area contributed by atoms with E-state index >= 15 is 0 Å². The Labute approximate surface area is 320 Å². The number of nitrogens with zero attached hydrogens (tertiary/aromatic N) is 8. The van der Waals surface area contributed by atoms with Crippen LogP contribution >= 0.6 is 0 Å². The number of amides is 2. The van der Waals surface area contributed by atoms with E-state index in [9.17, 15) is 28.6 Å². The number of alkyl halides is 2. The van der Waals surface area contributed by atoms with Crippen molar-refractivity contribution in [2.24, 2.45) is 5.73 Å². The van der Waals surface area contributed by atoms with E-state index in [4.69, 9.17) is 15.2 Å². The van der Waals surface area contributed by atoms with E-state index in [1.165, 1.54) is 34.4 Å². The summed E-state index contributed by atoms with van der Waals surface area (Å²) in [7, 11) is 0. The molecule has 0 radical (unpaired) electrons. The quantitative estimate of drug-likeness (QED) is 0.147. The number of benzene rings is 2. The highest BCUT2D eigenvalue weighted by Crippen LogP contribution is 2.36. The number of hydrogen-bond donors (Lipinski definition) is 5. The maximum absolute atomic E-state index is 14.5. The van der Waals surface area contributed by atoms with Crippen molar-refractivity contribution in [1.82, 2.24) is 39.0 Å². The number of nitrogens with two attached hydrogens (primary N) is 1. The lowest BCUT2D eigenvalue weighted by atomic mass is 10.1. The summed E-state index contributed by atoms with van der Waals surface area (Å²) in [6, 6.07) is 17.3. The summed E-state index contributed by atoms with van der Waals surface area (Å²) in [5.41, 5.74) is 7.60. The number of anilines is 2. The number of carbonyl (C=O) groups excluding carboxylic acids is 2. The average molecular weight is 776 g/mol. The van der Waals surface area contributed by atoms with E-state index in [1.54, 1.807) is 54.6 Å². The van der Waals surface area contributed by atoms with E-state index in [0.717, 1.165) is 0 Å². The summed E-state index contributed by atoms with van der Waals surface area (Å²) in [6.45, 7) is 1.80. The van der Waals surface area contributed by atoms with Gasteiger partial charge >= 0.3 is 0 Å². The molecule has 2 saturated heterocycles. The van der Waals surface area contributed by atoms with Gasteiger partial charge in [-0.15, -0.1) is 0 Å². The predicted molar refractivity (Wildman–Crippen MR) is 202 cm³/mol. The second-order valence-electron chi connectivity index (χ2n) is 12.4. The van der Waals surface area contributed by atoms with Crippen molar-refractivity contribution >= 4 is 45.8 Å². The smallest absolute Gasteiger partial charge is 0.256 e. The summed E-state index contributed by atoms with van der Waals surface area (Å²) < 4.78 is 42.9. The van der Waals surface area contributed by atoms with Gasteiger partial charge in [-0.25, -0.2) is 38.7 Å². The molecule has 2 amide bonds. The van der Waals surface area contributed by atoms with E-state index in [1.807, 2.05) is 13.0 Å². The third kappa shape index (κ3) is 7.93. The minimum Gasteiger partial charge on any atom is -0.387 e. The molecule has 2 aromatic carbocycles. The number of fused-ring (bicyclic) bond motifs is 2. The fourth-order valence-electron chi connectivity index (χ4n) is 6.19. The molecule has 6 aromatic rings. The zero-order valence-electron chi connectivity index (χ0n) is 28.6. The molecule has 6 N–H and O–H groups in total. The van der Waals surface area contributed by atoms with Crippen LogP contribution in [0.25, 0.3) is 22.3 Å². The van der Waals surface area contributed by atoms with Crippen LogP contribution in [0.2, 0.25) is 0 Å². The normalized spacial score (nSPS) is 24.1. The standard InChI is InChI=1S/C18H18FN5O3.C17H17FN6O3.2CH4/c1-2-11-14(25)12(19)18(27-11)24-9-22-13-15(20-8-21-16(13)24)23-17(26)10-6-4-3-5-7-10;18-11-13(25)10(6-19)27-17(11)24-8-22-12-14(20-7-21-15(12)24)23-16(26)9-4-2-1-3-5-9;;/h3-9,11-12,14,18,25H,2H2,1H3,(H,20,21,23,26);1-5,7-8,10-11,13,17,25H,6,19H2,(H,20,21,23,26);2*1H4/t11-,12-,14-,18-;10-,11-,13-,17-;;/m11../s1. The Morgan fingerprint density at radius 3 is 1.48 bits per heavy atom. The minimum absolute atomic E-state index is 0. The van der Waals surface area contributed by atoms with E-state index in [2.05, 4.69) is 40.5 Å². The van der Waals surface area contributed by atoms with Gasteiger partial charge in [0.05, 0.1) is 18.8 Å². The molecule has 8 atom stereocenters. The highest BCUT2D eigenvalue weighted by atomic mass is 19.1. The Morgan fingerprint density at radius 1 is 0.696 bits per heavy atom. The number of nitrogens with one attached hydrogen (secondary N) is 2. The summed E-state index contributed by atoms with van der Waals surface area (Å²) in [6.07, 6.45) is -3.72. The molecule has 19 heteroatoms. The fourth-order valence-corrected chi connectivity index (χ4v) is 6.19. The molecule has 296 valence electrons. The number of imidazole rings is 2. The number of ether oxygens (including phenoxy) is 2. The molecule has 0 spiro atoms. The van der Waals surface area contributed by atoms with Crippen LogP contribution in [0, 0.1) is 0 Å². The number of hydrogen-bond acceptors (Lipinski definition) is 13. The van der Waals surface area contributed by atoms with Gasteiger partial charge in [0.15, 0.2) is 58.8 Å². The SMILES string of the molecule is C.C.CC[C@H]1O[C@@H](n2cnc3c(NC(=O)c4ccccc4)ncnc32)[C@H](F)[C@@H]1O.NC[C@H]1O[C@@H](n2cnc3c(NC(=O)c4ccccc4)ncnc32)[C@H](F)[C@@H]1O. The van der Waals surface area contributed by atoms with Gasteiger partial charge < -0.3 is 36.1 Å². The van der Waals surface area contributed by atoms with Gasteiger partial charge in [-0.05, 0) is 30.7 Å². The Balaban J connectivity index is 0.000000207. The lowest BCUT2D eigenvalue weighted by Crippen LogP contribution is -2.33. The highest BCUT2D eigenvalue weighted by molar-refractivity contribution is 6.07. The molecule has 0 bridgehead atoms. The first-order chi connectivity index (χ1) is 26.2. The van der Waals surface area contributed by atoms with Crippen molar-refractivity contribution in [2.45, 2.75) is 77.4 Å². The number of aliphatic hydroxyl groups excluding tert-OH is 2. The molecule has 17 nitrogen and oxygen atoms in total. The summed E-state index contributed by atoms with van der Waals surface area (Å²) in [4.78, 5) is 49.5. The van der Waals surface area contributed by atoms with Gasteiger partial charge in [-0.3, -0.25) is 18.7 Å². The first-order valence-electron chi connectivity index (χ1n) is 16.9. The zero-order valence-corrected chi connectivity index (χ0v) is 28.6. The molecule has 0 unspecified atom stereocenters. The maximum atomic E-state index is 14.5. The van der Waals surface area contributed by atoms with Crippen LogP contribution in [0.1, 0.15) is 61.4 Å². The molecule has 0 aliphatic carbocycles. The topological polar surface area (TPSA) is 230 Å². The number of halogens is 2. The first-order valence-corrected chi connectivity index (χ1v) is 16.9. The van der Waals surface area contributed by atoms with Crippen molar-refractivity contribution < 1.29 is 38.1 Å². The molecular formula is C37H43F2N11O6. The highest BCUT2D eigenvalue weighted by Gasteiger charge is 2.46. The van der Waals surface area contributed by atoms with Crippen LogP contribution < -0.4 is 16.4 Å². The van der Waals surface area contributed by atoms with Crippen molar-refractivity contribution in [3.8, 4) is 0 Å². The van der Waals surface area contributed by atoms with Crippen molar-refractivity contribution in [1.29, 1.82) is 0 Å². The molecule has 6 heterocycles. The van der Waals surface area contributed by atoms with Crippen LogP contribution in [0.3, 0.4) is 0 Å². The lowest BCUT2D eigenvalue weighted by molar-refractivity contribution is -0.0238. The molecule has 8 rings (SSSR count). The predicted octanol–water partition coefficient (Wildman–Crippen LogP) is 3.99. The Kier molecular flexibility index (Phi) is 13.1. The van der Waals surface area contributed by atoms with Crippen LogP contribution in [0.5, 0.6) is 0 Å². The summed E-state index contributed by atoms with van der Waals surface area (Å²) in [5.74, 6) is -0.290. The molecule has 0 saturated carbocycles. The average Bonchev–Trinajstić information content (AvgIpc) is 3.97.